The number of aliphatic carboxylic acids is 1. The second-order valence-corrected chi connectivity index (χ2v) is 4.65. The Kier molecular flexibility index (Phi) is 3.10. The molecule has 0 atom stereocenters. The molecule has 2 N–H and O–H groups in total. The summed E-state index contributed by atoms with van der Waals surface area (Å²) in [6.07, 6.45) is -5.28. The number of hydrogen-bond acceptors (Lipinski definition) is 1. The van der Waals surface area contributed by atoms with Gasteiger partial charge in [-0.1, -0.05) is 15.9 Å². The standard InChI is InChI=1S/C11H7BrF3NO2/c12-5-1-2-8-6(3-5)7(4-9(17)18)10(16-8)11(13,14)15/h1-3,16H,4H2,(H,17,18). The molecule has 2 rings (SSSR count). The smallest absolute Gasteiger partial charge is 0.431 e. The Morgan fingerprint density at radius 2 is 2.06 bits per heavy atom. The molecule has 2 aromatic rings. The number of rotatable bonds is 2. The number of carbonyl (C=O) groups is 1. The summed E-state index contributed by atoms with van der Waals surface area (Å²) in [6.45, 7) is 0. The van der Waals surface area contributed by atoms with Crippen molar-refractivity contribution < 1.29 is 23.1 Å². The van der Waals surface area contributed by atoms with E-state index in [0.717, 1.165) is 0 Å². The van der Waals surface area contributed by atoms with Gasteiger partial charge in [0, 0.05) is 20.9 Å². The number of hydrogen-bond donors (Lipinski definition) is 2. The molecule has 1 heterocycles. The molecule has 3 nitrogen and oxygen atoms in total. The lowest BCUT2D eigenvalue weighted by molar-refractivity contribution is -0.142. The Morgan fingerprint density at radius 3 is 2.61 bits per heavy atom. The molecular formula is C11H7BrF3NO2. The van der Waals surface area contributed by atoms with Gasteiger partial charge in [-0.2, -0.15) is 13.2 Å². The number of carboxylic acid groups (broad SMARTS) is 1. The van der Waals surface area contributed by atoms with Gasteiger partial charge in [0.15, 0.2) is 0 Å². The van der Waals surface area contributed by atoms with Crippen LogP contribution in [0.4, 0.5) is 13.2 Å². The highest BCUT2D eigenvalue weighted by atomic mass is 79.9. The van der Waals surface area contributed by atoms with Crippen LogP contribution < -0.4 is 0 Å². The number of alkyl halides is 3. The molecule has 7 heteroatoms. The lowest BCUT2D eigenvalue weighted by Gasteiger charge is -2.06. The second-order valence-electron chi connectivity index (χ2n) is 3.74. The summed E-state index contributed by atoms with van der Waals surface area (Å²) in [6, 6.07) is 4.53. The van der Waals surface area contributed by atoms with E-state index in [4.69, 9.17) is 5.11 Å². The lowest BCUT2D eigenvalue weighted by Crippen LogP contribution is -2.11. The van der Waals surface area contributed by atoms with Crippen molar-refractivity contribution in [3.63, 3.8) is 0 Å². The van der Waals surface area contributed by atoms with E-state index in [0.29, 0.717) is 4.47 Å². The first-order valence-electron chi connectivity index (χ1n) is 4.88. The topological polar surface area (TPSA) is 53.1 Å². The van der Waals surface area contributed by atoms with Gasteiger partial charge in [-0.25, -0.2) is 0 Å². The van der Waals surface area contributed by atoms with E-state index >= 15 is 0 Å². The Labute approximate surface area is 108 Å². The van der Waals surface area contributed by atoms with Crippen molar-refractivity contribution in [2.24, 2.45) is 0 Å². The van der Waals surface area contributed by atoms with E-state index in [1.165, 1.54) is 12.1 Å². The molecule has 0 aliphatic heterocycles. The van der Waals surface area contributed by atoms with Crippen molar-refractivity contribution in [2.75, 3.05) is 0 Å². The van der Waals surface area contributed by atoms with Gasteiger partial charge in [-0.3, -0.25) is 4.79 Å². The molecule has 0 bridgehead atoms. The predicted octanol–water partition coefficient (Wildman–Crippen LogP) is 3.58. The zero-order valence-electron chi connectivity index (χ0n) is 8.81. The first kappa shape index (κ1) is 12.9. The van der Waals surface area contributed by atoms with Crippen molar-refractivity contribution in [1.29, 1.82) is 0 Å². The fourth-order valence-electron chi connectivity index (χ4n) is 1.80. The maximum Gasteiger partial charge on any atom is 0.431 e. The van der Waals surface area contributed by atoms with Crippen LogP contribution >= 0.6 is 15.9 Å². The van der Waals surface area contributed by atoms with Gasteiger partial charge in [0.2, 0.25) is 0 Å². The van der Waals surface area contributed by atoms with Crippen LogP contribution in [0, 0.1) is 0 Å². The summed E-state index contributed by atoms with van der Waals surface area (Å²) >= 11 is 3.15. The Morgan fingerprint density at radius 1 is 1.39 bits per heavy atom. The lowest BCUT2D eigenvalue weighted by atomic mass is 10.1. The molecule has 0 saturated carbocycles. The normalized spacial score (nSPS) is 12.0. The van der Waals surface area contributed by atoms with Gasteiger partial charge >= 0.3 is 12.1 Å². The van der Waals surface area contributed by atoms with Crippen molar-refractivity contribution in [1.82, 2.24) is 4.98 Å². The van der Waals surface area contributed by atoms with E-state index in [1.54, 1.807) is 6.07 Å². The van der Waals surface area contributed by atoms with Gasteiger partial charge < -0.3 is 10.1 Å². The molecule has 0 spiro atoms. The summed E-state index contributed by atoms with van der Waals surface area (Å²) < 4.78 is 39.0. The summed E-state index contributed by atoms with van der Waals surface area (Å²) in [5.41, 5.74) is -0.980. The molecule has 0 unspecified atom stereocenters. The minimum absolute atomic E-state index is 0.244. The second kappa shape index (κ2) is 4.31. The SMILES string of the molecule is O=C(O)Cc1c(C(F)(F)F)[nH]c2ccc(Br)cc12. The number of nitrogens with one attached hydrogen (secondary N) is 1. The molecule has 0 amide bonds. The van der Waals surface area contributed by atoms with Crippen LogP contribution in [0.3, 0.4) is 0 Å². The van der Waals surface area contributed by atoms with Crippen molar-refractivity contribution in [3.05, 3.63) is 33.9 Å². The van der Waals surface area contributed by atoms with Crippen LogP contribution in [0.15, 0.2) is 22.7 Å². The molecular weight excluding hydrogens is 315 g/mol. The van der Waals surface area contributed by atoms with Crippen LogP contribution in [0.25, 0.3) is 10.9 Å². The van der Waals surface area contributed by atoms with Crippen LogP contribution in [0.5, 0.6) is 0 Å². The Balaban J connectivity index is 2.73. The van der Waals surface area contributed by atoms with E-state index in [2.05, 4.69) is 20.9 Å². The van der Waals surface area contributed by atoms with Gasteiger partial charge in [-0.15, -0.1) is 0 Å². The van der Waals surface area contributed by atoms with Gasteiger partial charge in [0.25, 0.3) is 0 Å². The fraction of sp³-hybridized carbons (Fsp3) is 0.182. The highest BCUT2D eigenvalue weighted by Crippen LogP contribution is 2.36. The maximum absolute atomic E-state index is 12.8. The molecule has 0 aliphatic carbocycles. The summed E-state index contributed by atoms with van der Waals surface area (Å²) in [4.78, 5) is 12.9. The number of fused-ring (bicyclic) bond motifs is 1. The van der Waals surface area contributed by atoms with Crippen LogP contribution in [0.1, 0.15) is 11.3 Å². The van der Waals surface area contributed by atoms with Gasteiger partial charge in [-0.05, 0) is 18.2 Å². The molecule has 0 aliphatic rings. The van der Waals surface area contributed by atoms with Crippen LogP contribution in [-0.4, -0.2) is 16.1 Å². The minimum Gasteiger partial charge on any atom is -0.481 e. The van der Waals surface area contributed by atoms with Crippen LogP contribution in [0.2, 0.25) is 0 Å². The van der Waals surface area contributed by atoms with E-state index in [9.17, 15) is 18.0 Å². The summed E-state index contributed by atoms with van der Waals surface area (Å²) in [5.74, 6) is -1.30. The zero-order valence-corrected chi connectivity index (χ0v) is 10.4. The number of halogens is 4. The van der Waals surface area contributed by atoms with E-state index < -0.39 is 24.3 Å². The molecule has 18 heavy (non-hydrogen) atoms. The average Bonchev–Trinajstić information content (AvgIpc) is 2.56. The summed E-state index contributed by atoms with van der Waals surface area (Å²) in [5, 5.41) is 8.97. The number of carboxylic acids is 1. The third-order valence-electron chi connectivity index (χ3n) is 2.48. The van der Waals surface area contributed by atoms with Crippen molar-refractivity contribution >= 4 is 32.8 Å². The number of aromatic amines is 1. The van der Waals surface area contributed by atoms with Gasteiger partial charge in [0.05, 0.1) is 6.42 Å². The Hall–Kier alpha value is -1.50. The van der Waals surface area contributed by atoms with Crippen molar-refractivity contribution in [3.8, 4) is 0 Å². The first-order valence-corrected chi connectivity index (χ1v) is 5.67. The first-order chi connectivity index (χ1) is 8.29. The molecule has 96 valence electrons. The number of aromatic nitrogens is 1. The Bertz CT molecular complexity index is 619. The monoisotopic (exact) mass is 321 g/mol. The van der Waals surface area contributed by atoms with E-state index in [1.807, 2.05) is 0 Å². The molecule has 1 aromatic carbocycles. The molecule has 1 aromatic heterocycles. The third kappa shape index (κ3) is 2.35. The average molecular weight is 322 g/mol. The number of benzene rings is 1. The molecule has 0 fully saturated rings. The maximum atomic E-state index is 12.8. The summed E-state index contributed by atoms with van der Waals surface area (Å²) in [7, 11) is 0. The third-order valence-corrected chi connectivity index (χ3v) is 2.97. The minimum atomic E-state index is -4.60. The van der Waals surface area contributed by atoms with Gasteiger partial charge in [0.1, 0.15) is 5.69 Å². The largest absolute Gasteiger partial charge is 0.481 e. The van der Waals surface area contributed by atoms with E-state index in [-0.39, 0.29) is 16.5 Å². The fourth-order valence-corrected chi connectivity index (χ4v) is 2.16. The van der Waals surface area contributed by atoms with Crippen molar-refractivity contribution in [2.45, 2.75) is 12.6 Å². The van der Waals surface area contributed by atoms with Crippen LogP contribution in [-0.2, 0) is 17.4 Å². The zero-order chi connectivity index (χ0) is 13.5. The predicted molar refractivity (Wildman–Crippen MR) is 62.3 cm³/mol. The molecule has 0 saturated heterocycles. The molecule has 0 radical (unpaired) electrons. The highest BCUT2D eigenvalue weighted by molar-refractivity contribution is 9.10. The number of H-pyrrole nitrogens is 1. The quantitative estimate of drug-likeness (QED) is 0.888. The highest BCUT2D eigenvalue weighted by Gasteiger charge is 2.36.